The normalized spacial score (nSPS) is 9.88. The summed E-state index contributed by atoms with van der Waals surface area (Å²) in [5, 5.41) is 6.50. The number of hydrogen-bond donors (Lipinski definition) is 0. The monoisotopic (exact) mass is 223 g/mol. The van der Waals surface area contributed by atoms with Crippen molar-refractivity contribution in [1.82, 2.24) is 10.3 Å². The maximum atomic E-state index is 13.3. The lowest BCUT2D eigenvalue weighted by Crippen LogP contribution is -1.89. The van der Waals surface area contributed by atoms with Crippen LogP contribution in [-0.2, 0) is 4.79 Å². The van der Waals surface area contributed by atoms with E-state index < -0.39 is 17.2 Å². The Morgan fingerprint density at radius 2 is 1.94 bits per heavy atom. The molecule has 0 N–H and O–H groups in total. The first kappa shape index (κ1) is 10.1. The summed E-state index contributed by atoms with van der Waals surface area (Å²) in [4.78, 5) is 13.2. The molecule has 0 atom stereocenters. The quantitative estimate of drug-likeness (QED) is 0.576. The zero-order valence-electron chi connectivity index (χ0n) is 7.65. The molecule has 2 rings (SSSR count). The standard InChI is InChI=1S/C9H3F2N3O2/c10-5-2-1-3-6(11)7(5)8-9(12-4-15)14-16-13-8/h1-3H. The number of nitrogens with zero attached hydrogens (tertiary/aromatic N) is 3. The molecule has 0 aliphatic rings. The SMILES string of the molecule is O=C=Nc1nonc1-c1c(F)cccc1F. The van der Waals surface area contributed by atoms with Crippen LogP contribution in [0.15, 0.2) is 27.8 Å². The molecule has 80 valence electrons. The smallest absolute Gasteiger partial charge is 0.242 e. The summed E-state index contributed by atoms with van der Waals surface area (Å²) in [6.45, 7) is 0. The van der Waals surface area contributed by atoms with Crippen molar-refractivity contribution in [3.8, 4) is 11.3 Å². The van der Waals surface area contributed by atoms with E-state index in [4.69, 9.17) is 0 Å². The van der Waals surface area contributed by atoms with Gasteiger partial charge in [0.25, 0.3) is 0 Å². The van der Waals surface area contributed by atoms with E-state index in [-0.39, 0.29) is 11.5 Å². The van der Waals surface area contributed by atoms with Crippen LogP contribution >= 0.6 is 0 Å². The van der Waals surface area contributed by atoms with Crippen LogP contribution in [0.4, 0.5) is 14.6 Å². The molecular weight excluding hydrogens is 220 g/mol. The molecule has 0 aliphatic carbocycles. The van der Waals surface area contributed by atoms with Gasteiger partial charge in [0, 0.05) is 0 Å². The van der Waals surface area contributed by atoms with Gasteiger partial charge in [-0.05, 0) is 22.4 Å². The van der Waals surface area contributed by atoms with Gasteiger partial charge in [-0.1, -0.05) is 6.07 Å². The maximum absolute atomic E-state index is 13.3. The molecule has 1 heterocycles. The lowest BCUT2D eigenvalue weighted by molar-refractivity contribution is 0.309. The van der Waals surface area contributed by atoms with Crippen molar-refractivity contribution in [2.75, 3.05) is 0 Å². The Balaban J connectivity index is 2.67. The zero-order valence-corrected chi connectivity index (χ0v) is 7.65. The second kappa shape index (κ2) is 4.00. The molecule has 0 unspecified atom stereocenters. The van der Waals surface area contributed by atoms with Crippen LogP contribution in [0.1, 0.15) is 0 Å². The van der Waals surface area contributed by atoms with Gasteiger partial charge >= 0.3 is 0 Å². The fourth-order valence-corrected chi connectivity index (χ4v) is 1.18. The Kier molecular flexibility index (Phi) is 2.53. The van der Waals surface area contributed by atoms with E-state index in [0.29, 0.717) is 0 Å². The highest BCUT2D eigenvalue weighted by molar-refractivity contribution is 5.71. The topological polar surface area (TPSA) is 68.3 Å². The Bertz CT molecular complexity index is 556. The first-order valence-electron chi connectivity index (χ1n) is 4.09. The lowest BCUT2D eigenvalue weighted by Gasteiger charge is -1.99. The summed E-state index contributed by atoms with van der Waals surface area (Å²) in [5.74, 6) is -2.02. The number of isocyanates is 1. The van der Waals surface area contributed by atoms with Crippen LogP contribution in [0.3, 0.4) is 0 Å². The predicted molar refractivity (Wildman–Crippen MR) is 47.4 cm³/mol. The first-order valence-corrected chi connectivity index (χ1v) is 4.09. The molecule has 0 saturated carbocycles. The van der Waals surface area contributed by atoms with Crippen LogP contribution in [0.5, 0.6) is 0 Å². The van der Waals surface area contributed by atoms with E-state index in [2.05, 4.69) is 19.9 Å². The zero-order chi connectivity index (χ0) is 11.5. The number of halogens is 2. The van der Waals surface area contributed by atoms with Gasteiger partial charge in [-0.25, -0.2) is 18.2 Å². The van der Waals surface area contributed by atoms with Crippen molar-refractivity contribution in [2.45, 2.75) is 0 Å². The minimum absolute atomic E-state index is 0.279. The van der Waals surface area contributed by atoms with Crippen molar-refractivity contribution in [2.24, 2.45) is 4.99 Å². The van der Waals surface area contributed by atoms with E-state index in [1.54, 1.807) is 0 Å². The van der Waals surface area contributed by atoms with Crippen LogP contribution < -0.4 is 0 Å². The molecule has 1 aromatic heterocycles. The van der Waals surface area contributed by atoms with Crippen LogP contribution in [-0.4, -0.2) is 16.4 Å². The molecule has 5 nitrogen and oxygen atoms in total. The van der Waals surface area contributed by atoms with Gasteiger partial charge in [0.2, 0.25) is 11.9 Å². The van der Waals surface area contributed by atoms with Crippen molar-refractivity contribution < 1.29 is 18.2 Å². The third-order valence-corrected chi connectivity index (χ3v) is 1.82. The molecule has 0 aliphatic heterocycles. The fraction of sp³-hybridized carbons (Fsp3) is 0. The summed E-state index contributed by atoms with van der Waals surface area (Å²) in [5.41, 5.74) is -0.725. The van der Waals surface area contributed by atoms with Crippen LogP contribution in [0.25, 0.3) is 11.3 Å². The van der Waals surface area contributed by atoms with Gasteiger partial charge in [-0.15, -0.1) is 4.99 Å². The molecule has 0 bridgehead atoms. The lowest BCUT2D eigenvalue weighted by atomic mass is 10.1. The second-order valence-electron chi connectivity index (χ2n) is 2.74. The molecular formula is C9H3F2N3O2. The minimum Gasteiger partial charge on any atom is -0.242 e. The number of hydrogen-bond acceptors (Lipinski definition) is 5. The average molecular weight is 223 g/mol. The van der Waals surface area contributed by atoms with Gasteiger partial charge in [0.05, 0.1) is 5.56 Å². The van der Waals surface area contributed by atoms with Gasteiger partial charge in [0.15, 0.2) is 5.69 Å². The summed E-state index contributed by atoms with van der Waals surface area (Å²) < 4.78 is 30.9. The van der Waals surface area contributed by atoms with E-state index in [0.717, 1.165) is 12.1 Å². The number of benzene rings is 1. The largest absolute Gasteiger partial charge is 0.242 e. The highest BCUT2D eigenvalue weighted by Gasteiger charge is 2.19. The summed E-state index contributed by atoms with van der Waals surface area (Å²) in [7, 11) is 0. The third kappa shape index (κ3) is 1.59. The average Bonchev–Trinajstić information content (AvgIpc) is 2.67. The number of aromatic nitrogens is 2. The first-order chi connectivity index (χ1) is 7.74. The van der Waals surface area contributed by atoms with Crippen LogP contribution in [0, 0.1) is 11.6 Å². The molecule has 0 saturated heterocycles. The highest BCUT2D eigenvalue weighted by Crippen LogP contribution is 2.30. The maximum Gasteiger partial charge on any atom is 0.242 e. The van der Waals surface area contributed by atoms with E-state index >= 15 is 0 Å². The van der Waals surface area contributed by atoms with E-state index in [9.17, 15) is 13.6 Å². The summed E-state index contributed by atoms with van der Waals surface area (Å²) >= 11 is 0. The van der Waals surface area contributed by atoms with Crippen molar-refractivity contribution in [3.63, 3.8) is 0 Å². The Labute approximate surface area is 87.4 Å². The Morgan fingerprint density at radius 3 is 2.56 bits per heavy atom. The summed E-state index contributed by atoms with van der Waals surface area (Å²) in [6.07, 6.45) is 1.19. The van der Waals surface area contributed by atoms with Gasteiger partial charge in [-0.3, -0.25) is 0 Å². The minimum atomic E-state index is -0.849. The molecule has 16 heavy (non-hydrogen) atoms. The van der Waals surface area contributed by atoms with Crippen LogP contribution in [0.2, 0.25) is 0 Å². The fourth-order valence-electron chi connectivity index (χ4n) is 1.18. The molecule has 0 amide bonds. The highest BCUT2D eigenvalue weighted by atomic mass is 19.1. The van der Waals surface area contributed by atoms with Crippen molar-refractivity contribution in [3.05, 3.63) is 29.8 Å². The molecule has 7 heteroatoms. The number of carbonyl (C=O) groups excluding carboxylic acids is 1. The molecule has 0 spiro atoms. The molecule has 2 aromatic rings. The Hall–Kier alpha value is -2.40. The number of rotatable bonds is 2. The van der Waals surface area contributed by atoms with Gasteiger partial charge in [-0.2, -0.15) is 0 Å². The molecule has 1 aromatic carbocycles. The van der Waals surface area contributed by atoms with Crippen molar-refractivity contribution in [1.29, 1.82) is 0 Å². The van der Waals surface area contributed by atoms with Gasteiger partial charge < -0.3 is 0 Å². The second-order valence-corrected chi connectivity index (χ2v) is 2.74. The number of aliphatic imine (C=N–C) groups is 1. The summed E-state index contributed by atoms with van der Waals surface area (Å²) in [6, 6.07) is 3.29. The Morgan fingerprint density at radius 1 is 1.25 bits per heavy atom. The van der Waals surface area contributed by atoms with Gasteiger partial charge in [0.1, 0.15) is 11.6 Å². The molecule has 0 radical (unpaired) electrons. The predicted octanol–water partition coefficient (Wildman–Crippen LogP) is 1.98. The molecule has 0 fully saturated rings. The van der Waals surface area contributed by atoms with E-state index in [1.807, 2.05) is 0 Å². The third-order valence-electron chi connectivity index (χ3n) is 1.82. The van der Waals surface area contributed by atoms with Crippen molar-refractivity contribution >= 4 is 11.9 Å². The van der Waals surface area contributed by atoms with E-state index in [1.165, 1.54) is 12.1 Å².